The highest BCUT2D eigenvalue weighted by atomic mass is 16.6. The van der Waals surface area contributed by atoms with Gasteiger partial charge in [0, 0.05) is 23.8 Å². The van der Waals surface area contributed by atoms with E-state index in [1.807, 2.05) is 0 Å². The van der Waals surface area contributed by atoms with E-state index < -0.39 is 11.9 Å². The lowest BCUT2D eigenvalue weighted by Crippen LogP contribution is -2.46. The largest absolute Gasteiger partial charge is 0.465 e. The SMILES string of the molecule is C[C@@H]1C(O)Oc2cc3c(c4c2[C@@H]1CC4)CC[C@H]1C(C)(C)O[C@@H]2CC(=O)O[C@@]21C3. The summed E-state index contributed by atoms with van der Waals surface area (Å²) in [4.78, 5) is 12.2. The number of ether oxygens (including phenoxy) is 3. The van der Waals surface area contributed by atoms with Crippen LogP contribution in [-0.2, 0) is 33.5 Å². The van der Waals surface area contributed by atoms with Crippen LogP contribution in [0, 0.1) is 11.8 Å². The first-order chi connectivity index (χ1) is 13.3. The third-order valence-electron chi connectivity index (χ3n) is 8.28. The monoisotopic (exact) mass is 384 g/mol. The summed E-state index contributed by atoms with van der Waals surface area (Å²) in [5.74, 6) is 1.41. The number of fused-ring (bicyclic) bond motifs is 2. The van der Waals surface area contributed by atoms with Crippen LogP contribution in [0.4, 0.5) is 0 Å². The minimum absolute atomic E-state index is 0.128. The number of aliphatic hydroxyl groups is 1. The van der Waals surface area contributed by atoms with Crippen LogP contribution in [0.5, 0.6) is 5.75 Å². The van der Waals surface area contributed by atoms with E-state index in [1.54, 1.807) is 0 Å². The van der Waals surface area contributed by atoms with Gasteiger partial charge in [-0.1, -0.05) is 6.92 Å². The van der Waals surface area contributed by atoms with Gasteiger partial charge < -0.3 is 19.3 Å². The molecule has 1 unspecified atom stereocenters. The van der Waals surface area contributed by atoms with Gasteiger partial charge in [-0.05, 0) is 68.2 Å². The fourth-order valence-electron chi connectivity index (χ4n) is 7.06. The summed E-state index contributed by atoms with van der Waals surface area (Å²) >= 11 is 0. The molecule has 0 amide bonds. The first-order valence-corrected chi connectivity index (χ1v) is 10.7. The van der Waals surface area contributed by atoms with Gasteiger partial charge in [-0.3, -0.25) is 4.79 Å². The Labute approximate surface area is 165 Å². The molecule has 28 heavy (non-hydrogen) atoms. The van der Waals surface area contributed by atoms with Crippen LogP contribution in [0.3, 0.4) is 0 Å². The van der Waals surface area contributed by atoms with E-state index in [9.17, 15) is 9.90 Å². The van der Waals surface area contributed by atoms with Crippen LogP contribution >= 0.6 is 0 Å². The first kappa shape index (κ1) is 17.3. The minimum atomic E-state index is -0.746. The molecule has 1 aromatic carbocycles. The molecular weight excluding hydrogens is 356 g/mol. The van der Waals surface area contributed by atoms with E-state index in [0.717, 1.165) is 31.4 Å². The predicted octanol–water partition coefficient (Wildman–Crippen LogP) is 3.03. The molecule has 5 aliphatic rings. The maximum Gasteiger partial charge on any atom is 0.309 e. The summed E-state index contributed by atoms with van der Waals surface area (Å²) in [6, 6.07) is 2.13. The molecule has 3 heterocycles. The van der Waals surface area contributed by atoms with E-state index >= 15 is 0 Å². The van der Waals surface area contributed by atoms with Crippen LogP contribution in [-0.4, -0.2) is 34.7 Å². The number of benzene rings is 1. The highest BCUT2D eigenvalue weighted by Gasteiger charge is 2.66. The third kappa shape index (κ3) is 2.02. The van der Waals surface area contributed by atoms with Crippen molar-refractivity contribution in [3.63, 3.8) is 0 Å². The molecule has 6 atom stereocenters. The third-order valence-corrected chi connectivity index (χ3v) is 8.28. The van der Waals surface area contributed by atoms with E-state index in [0.29, 0.717) is 18.8 Å². The average Bonchev–Trinajstić information content (AvgIpc) is 3.18. The van der Waals surface area contributed by atoms with Crippen LogP contribution in [0.1, 0.15) is 68.2 Å². The first-order valence-electron chi connectivity index (χ1n) is 10.7. The Morgan fingerprint density at radius 1 is 1.18 bits per heavy atom. The van der Waals surface area contributed by atoms with Crippen molar-refractivity contribution >= 4 is 5.97 Å². The summed E-state index contributed by atoms with van der Waals surface area (Å²) in [7, 11) is 0. The van der Waals surface area contributed by atoms with Crippen molar-refractivity contribution in [2.24, 2.45) is 11.8 Å². The Hall–Kier alpha value is -1.59. The van der Waals surface area contributed by atoms with Crippen molar-refractivity contribution in [1.29, 1.82) is 0 Å². The average molecular weight is 384 g/mol. The lowest BCUT2D eigenvalue weighted by atomic mass is 9.74. The highest BCUT2D eigenvalue weighted by molar-refractivity contribution is 5.74. The van der Waals surface area contributed by atoms with Crippen molar-refractivity contribution in [2.75, 3.05) is 0 Å². The van der Waals surface area contributed by atoms with Crippen molar-refractivity contribution in [1.82, 2.24) is 0 Å². The molecule has 2 saturated heterocycles. The number of aliphatic hydroxyl groups excluding tert-OH is 1. The molecule has 2 fully saturated rings. The predicted molar refractivity (Wildman–Crippen MR) is 101 cm³/mol. The molecule has 5 heteroatoms. The Balaban J connectivity index is 1.50. The summed E-state index contributed by atoms with van der Waals surface area (Å²) in [6.45, 7) is 6.37. The lowest BCUT2D eigenvalue weighted by Gasteiger charge is -2.35. The van der Waals surface area contributed by atoms with Crippen LogP contribution < -0.4 is 4.74 Å². The van der Waals surface area contributed by atoms with Crippen LogP contribution in [0.25, 0.3) is 0 Å². The molecule has 5 nitrogen and oxygen atoms in total. The fraction of sp³-hybridized carbons (Fsp3) is 0.696. The number of hydrogen-bond acceptors (Lipinski definition) is 5. The summed E-state index contributed by atoms with van der Waals surface area (Å²) in [6.07, 6.45) is 4.22. The normalized spacial score (nSPS) is 42.0. The zero-order valence-corrected chi connectivity index (χ0v) is 16.8. The standard InChI is InChI=1S/C23H28O5/c1-11-13-4-5-15-14-6-7-17-22(2,3)27-18-9-19(24)28-23(17,18)10-12(14)8-16(20(13)15)26-21(11)25/h8,11,13,17-18,21,25H,4-7,9-10H2,1-3H3/t11-,13+,17-,18+,21?,23+/m0/s1. The Kier molecular flexibility index (Phi) is 3.28. The molecule has 0 bridgehead atoms. The lowest BCUT2D eigenvalue weighted by molar-refractivity contribution is -0.153. The van der Waals surface area contributed by atoms with E-state index in [2.05, 4.69) is 26.8 Å². The highest BCUT2D eigenvalue weighted by Crippen LogP contribution is 2.57. The van der Waals surface area contributed by atoms with Crippen molar-refractivity contribution in [2.45, 2.75) is 88.8 Å². The molecule has 0 radical (unpaired) electrons. The molecule has 1 spiro atoms. The number of carbonyl (C=O) groups excluding carboxylic acids is 1. The molecule has 1 aromatic rings. The van der Waals surface area contributed by atoms with E-state index in [1.165, 1.54) is 22.3 Å². The van der Waals surface area contributed by atoms with Crippen molar-refractivity contribution in [3.8, 4) is 5.75 Å². The van der Waals surface area contributed by atoms with Gasteiger partial charge in [-0.2, -0.15) is 0 Å². The second kappa shape index (κ2) is 5.31. The van der Waals surface area contributed by atoms with Gasteiger partial charge in [-0.15, -0.1) is 0 Å². The molecule has 0 saturated carbocycles. The second-order valence-corrected chi connectivity index (χ2v) is 10.0. The van der Waals surface area contributed by atoms with Gasteiger partial charge in [0.05, 0.1) is 12.0 Å². The van der Waals surface area contributed by atoms with Gasteiger partial charge in [-0.25, -0.2) is 0 Å². The van der Waals surface area contributed by atoms with E-state index in [-0.39, 0.29) is 29.5 Å². The zero-order chi connectivity index (χ0) is 19.4. The smallest absolute Gasteiger partial charge is 0.309 e. The molecule has 6 rings (SSSR count). The maximum absolute atomic E-state index is 12.2. The van der Waals surface area contributed by atoms with Gasteiger partial charge in [0.15, 0.2) is 0 Å². The Bertz CT molecular complexity index is 889. The quantitative estimate of drug-likeness (QED) is 0.697. The van der Waals surface area contributed by atoms with Crippen molar-refractivity contribution < 1.29 is 24.1 Å². The van der Waals surface area contributed by atoms with Crippen molar-refractivity contribution in [3.05, 3.63) is 28.3 Å². The van der Waals surface area contributed by atoms with E-state index in [4.69, 9.17) is 14.2 Å². The summed E-state index contributed by atoms with van der Waals surface area (Å²) < 4.78 is 18.3. The molecule has 150 valence electrons. The second-order valence-electron chi connectivity index (χ2n) is 10.0. The topological polar surface area (TPSA) is 65.0 Å². The Morgan fingerprint density at radius 3 is 2.79 bits per heavy atom. The number of carbonyl (C=O) groups is 1. The van der Waals surface area contributed by atoms with Gasteiger partial charge >= 0.3 is 5.97 Å². The van der Waals surface area contributed by atoms with Crippen LogP contribution in [0.15, 0.2) is 6.07 Å². The molecular formula is C23H28O5. The fourth-order valence-corrected chi connectivity index (χ4v) is 7.06. The number of hydrogen-bond donors (Lipinski definition) is 1. The molecule has 2 aliphatic carbocycles. The molecule has 0 aromatic heterocycles. The minimum Gasteiger partial charge on any atom is -0.465 e. The summed E-state index contributed by atoms with van der Waals surface area (Å²) in [5.41, 5.74) is 4.57. The Morgan fingerprint density at radius 2 is 1.96 bits per heavy atom. The molecule has 3 aliphatic heterocycles. The number of esters is 1. The molecule has 1 N–H and O–H groups in total. The number of rotatable bonds is 0. The maximum atomic E-state index is 12.2. The zero-order valence-electron chi connectivity index (χ0n) is 16.8. The van der Waals surface area contributed by atoms with Gasteiger partial charge in [0.25, 0.3) is 0 Å². The summed E-state index contributed by atoms with van der Waals surface area (Å²) in [5, 5.41) is 10.4. The van der Waals surface area contributed by atoms with Gasteiger partial charge in [0.1, 0.15) is 17.5 Å². The van der Waals surface area contributed by atoms with Crippen LogP contribution in [0.2, 0.25) is 0 Å². The van der Waals surface area contributed by atoms with Gasteiger partial charge in [0.2, 0.25) is 6.29 Å².